The first-order valence-electron chi connectivity index (χ1n) is 11.0. The molecule has 2 aromatic carbocycles. The minimum Gasteiger partial charge on any atom is -0.492 e. The summed E-state index contributed by atoms with van der Waals surface area (Å²) in [5, 5.41) is 2.87. The Morgan fingerprint density at radius 1 is 1.03 bits per heavy atom. The maximum Gasteiger partial charge on any atom is 0.243 e. The number of aryl methyl sites for hydroxylation is 3. The van der Waals surface area contributed by atoms with E-state index in [0.29, 0.717) is 39.1 Å². The van der Waals surface area contributed by atoms with Crippen LogP contribution in [0.5, 0.6) is 5.75 Å². The van der Waals surface area contributed by atoms with Crippen molar-refractivity contribution >= 4 is 15.9 Å². The van der Waals surface area contributed by atoms with Crippen molar-refractivity contribution < 1.29 is 17.9 Å². The molecule has 0 bridgehead atoms. The minimum absolute atomic E-state index is 0.0441. The summed E-state index contributed by atoms with van der Waals surface area (Å²) in [6.45, 7) is 5.42. The molecule has 0 heterocycles. The molecule has 1 N–H and O–H groups in total. The normalized spacial score (nSPS) is 13.3. The predicted molar refractivity (Wildman–Crippen MR) is 122 cm³/mol. The molecule has 1 aliphatic carbocycles. The molecule has 0 aromatic heterocycles. The molecule has 0 saturated carbocycles. The van der Waals surface area contributed by atoms with Gasteiger partial charge in [0.25, 0.3) is 0 Å². The van der Waals surface area contributed by atoms with Crippen molar-refractivity contribution in [3.05, 3.63) is 59.2 Å². The van der Waals surface area contributed by atoms with E-state index in [-0.39, 0.29) is 10.8 Å². The van der Waals surface area contributed by atoms with E-state index in [1.807, 2.05) is 19.9 Å². The molecule has 1 amide bonds. The molecular formula is C24H32N2O4S. The van der Waals surface area contributed by atoms with Crippen LogP contribution >= 0.6 is 0 Å². The van der Waals surface area contributed by atoms with Crippen LogP contribution in [-0.2, 0) is 34.1 Å². The van der Waals surface area contributed by atoms with Crippen LogP contribution in [-0.4, -0.2) is 44.9 Å². The summed E-state index contributed by atoms with van der Waals surface area (Å²) in [5.74, 6) is 0.812. The van der Waals surface area contributed by atoms with Gasteiger partial charge in [-0.05, 0) is 66.6 Å². The highest BCUT2D eigenvalue weighted by Crippen LogP contribution is 2.25. The van der Waals surface area contributed by atoms with E-state index in [0.717, 1.165) is 24.2 Å². The summed E-state index contributed by atoms with van der Waals surface area (Å²) < 4.78 is 32.2. The van der Waals surface area contributed by atoms with Crippen LogP contribution in [0.1, 0.15) is 43.4 Å². The molecule has 1 aliphatic rings. The molecular weight excluding hydrogens is 412 g/mol. The van der Waals surface area contributed by atoms with Crippen molar-refractivity contribution in [3.63, 3.8) is 0 Å². The molecule has 168 valence electrons. The van der Waals surface area contributed by atoms with Gasteiger partial charge in [-0.25, -0.2) is 8.42 Å². The van der Waals surface area contributed by atoms with Gasteiger partial charge >= 0.3 is 0 Å². The maximum atomic E-state index is 12.5. The SMILES string of the molecule is CCN(CC)S(=O)(=O)c1ccc(CCC(=O)NCCOc2ccc3c(c2)CCC3)cc1. The summed E-state index contributed by atoms with van der Waals surface area (Å²) in [6.07, 6.45) is 4.39. The average Bonchev–Trinajstić information content (AvgIpc) is 3.24. The third-order valence-electron chi connectivity index (χ3n) is 5.67. The Bertz CT molecular complexity index is 983. The Kier molecular flexibility index (Phi) is 8.09. The van der Waals surface area contributed by atoms with E-state index in [4.69, 9.17) is 4.74 Å². The lowest BCUT2D eigenvalue weighted by Crippen LogP contribution is -2.30. The van der Waals surface area contributed by atoms with Crippen LogP contribution in [0, 0.1) is 0 Å². The van der Waals surface area contributed by atoms with E-state index in [9.17, 15) is 13.2 Å². The second-order valence-electron chi connectivity index (χ2n) is 7.72. The first-order valence-corrected chi connectivity index (χ1v) is 12.5. The van der Waals surface area contributed by atoms with Crippen LogP contribution in [0.15, 0.2) is 47.4 Å². The van der Waals surface area contributed by atoms with Gasteiger partial charge in [0.15, 0.2) is 0 Å². The Hall–Kier alpha value is -2.38. The number of amides is 1. The standard InChI is InChI=1S/C24H32N2O4S/c1-3-26(4-2)31(28,29)23-13-8-19(9-14-23)10-15-24(27)25-16-17-30-22-12-11-20-6-5-7-21(20)18-22/h8-9,11-14,18H,3-7,10,15-17H2,1-2H3,(H,25,27). The Balaban J connectivity index is 1.39. The van der Waals surface area contributed by atoms with Crippen LogP contribution in [0.3, 0.4) is 0 Å². The third-order valence-corrected chi connectivity index (χ3v) is 7.73. The molecule has 7 heteroatoms. The second kappa shape index (κ2) is 10.8. The van der Waals surface area contributed by atoms with E-state index in [1.165, 1.54) is 21.9 Å². The van der Waals surface area contributed by atoms with Crippen LogP contribution in [0.2, 0.25) is 0 Å². The fourth-order valence-corrected chi connectivity index (χ4v) is 5.34. The fraction of sp³-hybridized carbons (Fsp3) is 0.458. The zero-order chi connectivity index (χ0) is 22.3. The zero-order valence-corrected chi connectivity index (χ0v) is 19.2. The molecule has 0 radical (unpaired) electrons. The van der Waals surface area contributed by atoms with Crippen molar-refractivity contribution in [1.82, 2.24) is 9.62 Å². The summed E-state index contributed by atoms with van der Waals surface area (Å²) >= 11 is 0. The molecule has 0 fully saturated rings. The summed E-state index contributed by atoms with van der Waals surface area (Å²) in [6, 6.07) is 13.0. The number of fused-ring (bicyclic) bond motifs is 1. The lowest BCUT2D eigenvalue weighted by atomic mass is 10.1. The van der Waals surface area contributed by atoms with Gasteiger partial charge in [-0.2, -0.15) is 4.31 Å². The average molecular weight is 445 g/mol. The number of hydrogen-bond acceptors (Lipinski definition) is 4. The second-order valence-corrected chi connectivity index (χ2v) is 9.65. The third kappa shape index (κ3) is 6.08. The van der Waals surface area contributed by atoms with E-state index in [2.05, 4.69) is 17.4 Å². The molecule has 2 aromatic rings. The van der Waals surface area contributed by atoms with Gasteiger partial charge < -0.3 is 10.1 Å². The van der Waals surface area contributed by atoms with Crippen molar-refractivity contribution in [2.24, 2.45) is 0 Å². The van der Waals surface area contributed by atoms with Gasteiger partial charge in [0, 0.05) is 19.5 Å². The van der Waals surface area contributed by atoms with Gasteiger partial charge in [0.05, 0.1) is 11.4 Å². The number of carbonyl (C=O) groups excluding carboxylic acids is 1. The number of ether oxygens (including phenoxy) is 1. The number of nitrogens with one attached hydrogen (secondary N) is 1. The zero-order valence-electron chi connectivity index (χ0n) is 18.4. The molecule has 0 unspecified atom stereocenters. The summed E-state index contributed by atoms with van der Waals surface area (Å²) in [4.78, 5) is 12.4. The number of benzene rings is 2. The molecule has 31 heavy (non-hydrogen) atoms. The van der Waals surface area contributed by atoms with Gasteiger partial charge in [-0.3, -0.25) is 4.79 Å². The minimum atomic E-state index is -3.45. The smallest absolute Gasteiger partial charge is 0.243 e. The summed E-state index contributed by atoms with van der Waals surface area (Å²) in [7, 11) is -3.45. The fourth-order valence-electron chi connectivity index (χ4n) is 3.88. The number of nitrogens with zero attached hydrogens (tertiary/aromatic N) is 1. The summed E-state index contributed by atoms with van der Waals surface area (Å²) in [5.41, 5.74) is 3.72. The highest BCUT2D eigenvalue weighted by molar-refractivity contribution is 7.89. The first kappa shape index (κ1) is 23.3. The van der Waals surface area contributed by atoms with Gasteiger partial charge in [0.1, 0.15) is 12.4 Å². The number of carbonyl (C=O) groups is 1. The number of hydrogen-bond donors (Lipinski definition) is 1. The molecule has 0 spiro atoms. The Labute approximate surface area is 185 Å². The van der Waals surface area contributed by atoms with Crippen LogP contribution in [0.4, 0.5) is 0 Å². The predicted octanol–water partition coefficient (Wildman–Crippen LogP) is 3.33. The molecule has 3 rings (SSSR count). The van der Waals surface area contributed by atoms with Crippen molar-refractivity contribution in [1.29, 1.82) is 0 Å². The van der Waals surface area contributed by atoms with E-state index < -0.39 is 10.0 Å². The Morgan fingerprint density at radius 2 is 1.74 bits per heavy atom. The van der Waals surface area contributed by atoms with Gasteiger partial charge in [-0.15, -0.1) is 0 Å². The first-order chi connectivity index (χ1) is 14.9. The highest BCUT2D eigenvalue weighted by Gasteiger charge is 2.21. The van der Waals surface area contributed by atoms with E-state index >= 15 is 0 Å². The van der Waals surface area contributed by atoms with Gasteiger partial charge in [0.2, 0.25) is 15.9 Å². The molecule has 0 atom stereocenters. The molecule has 6 nitrogen and oxygen atoms in total. The van der Waals surface area contributed by atoms with Crippen LogP contribution < -0.4 is 10.1 Å². The largest absolute Gasteiger partial charge is 0.492 e. The van der Waals surface area contributed by atoms with Crippen molar-refractivity contribution in [2.75, 3.05) is 26.2 Å². The van der Waals surface area contributed by atoms with Crippen molar-refractivity contribution in [2.45, 2.75) is 50.8 Å². The monoisotopic (exact) mass is 444 g/mol. The lowest BCUT2D eigenvalue weighted by Gasteiger charge is -2.18. The number of rotatable bonds is 11. The topological polar surface area (TPSA) is 75.7 Å². The van der Waals surface area contributed by atoms with Crippen LogP contribution in [0.25, 0.3) is 0 Å². The quantitative estimate of drug-likeness (QED) is 0.540. The van der Waals surface area contributed by atoms with E-state index in [1.54, 1.807) is 24.3 Å². The Morgan fingerprint density at radius 3 is 2.45 bits per heavy atom. The molecule has 0 aliphatic heterocycles. The highest BCUT2D eigenvalue weighted by atomic mass is 32.2. The lowest BCUT2D eigenvalue weighted by molar-refractivity contribution is -0.121. The van der Waals surface area contributed by atoms with Crippen molar-refractivity contribution in [3.8, 4) is 5.75 Å². The number of sulfonamides is 1. The maximum absolute atomic E-state index is 12.5. The van der Waals surface area contributed by atoms with Gasteiger partial charge in [-0.1, -0.05) is 32.0 Å². The molecule has 0 saturated heterocycles.